The van der Waals surface area contributed by atoms with E-state index in [0.717, 1.165) is 53.9 Å². The Morgan fingerprint density at radius 3 is 2.65 bits per heavy atom. The van der Waals surface area contributed by atoms with E-state index in [1.54, 1.807) is 7.11 Å². The van der Waals surface area contributed by atoms with Crippen LogP contribution in [0.2, 0.25) is 0 Å². The third-order valence-electron chi connectivity index (χ3n) is 5.01. The average molecular weight is 351 g/mol. The molecular weight excluding hydrogens is 326 g/mol. The fraction of sp³-hybridized carbons (Fsp3) is 0.400. The van der Waals surface area contributed by atoms with Crippen molar-refractivity contribution >= 4 is 17.2 Å². The minimum Gasteiger partial charge on any atom is -0.495 e. The quantitative estimate of drug-likeness (QED) is 0.726. The summed E-state index contributed by atoms with van der Waals surface area (Å²) in [7, 11) is 1.73. The van der Waals surface area contributed by atoms with E-state index < -0.39 is 0 Å². The third kappa shape index (κ3) is 2.85. The summed E-state index contributed by atoms with van der Waals surface area (Å²) >= 11 is 0. The minimum absolute atomic E-state index is 0.350. The Balaban J connectivity index is 1.64. The molecule has 6 nitrogen and oxygen atoms in total. The van der Waals surface area contributed by atoms with Gasteiger partial charge in [0.25, 0.3) is 0 Å². The smallest absolute Gasteiger partial charge is 0.157 e. The van der Waals surface area contributed by atoms with Crippen molar-refractivity contribution in [3.05, 3.63) is 47.8 Å². The van der Waals surface area contributed by atoms with Crippen molar-refractivity contribution in [1.82, 2.24) is 14.6 Å². The minimum atomic E-state index is 0.350. The maximum Gasteiger partial charge on any atom is 0.157 e. The third-order valence-corrected chi connectivity index (χ3v) is 5.01. The van der Waals surface area contributed by atoms with Crippen molar-refractivity contribution in [3.63, 3.8) is 0 Å². The number of piperazine rings is 1. The normalized spacial score (nSPS) is 17.8. The number of anilines is 2. The van der Waals surface area contributed by atoms with Crippen molar-refractivity contribution in [1.29, 1.82) is 0 Å². The van der Waals surface area contributed by atoms with Gasteiger partial charge in [-0.15, -0.1) is 0 Å². The summed E-state index contributed by atoms with van der Waals surface area (Å²) in [5.41, 5.74) is 4.08. The predicted octanol–water partition coefficient (Wildman–Crippen LogP) is 3.07. The van der Waals surface area contributed by atoms with E-state index in [1.807, 2.05) is 36.6 Å². The lowest BCUT2D eigenvalue weighted by Crippen LogP contribution is -2.52. The first-order valence-electron chi connectivity index (χ1n) is 9.05. The number of hydrogen-bond donors (Lipinski definition) is 0. The molecule has 0 radical (unpaired) electrons. The number of benzene rings is 1. The van der Waals surface area contributed by atoms with Gasteiger partial charge in [-0.3, -0.25) is 0 Å². The maximum atomic E-state index is 5.54. The zero-order valence-electron chi connectivity index (χ0n) is 15.8. The molecule has 0 spiro atoms. The standard InChI is InChI=1S/C20H25N5O/c1-14-12-20(25-19(21-14)11-15(2)22-25)24-10-9-23(13-16(24)3)17-7-5-6-8-18(17)26-4/h5-8,11-12,16H,9-10,13H2,1-4H3. The van der Waals surface area contributed by atoms with Crippen molar-refractivity contribution in [2.45, 2.75) is 26.8 Å². The van der Waals surface area contributed by atoms with Gasteiger partial charge in [0.2, 0.25) is 0 Å². The number of aromatic nitrogens is 3. The molecule has 0 amide bonds. The number of aryl methyl sites for hydroxylation is 2. The lowest BCUT2D eigenvalue weighted by Gasteiger charge is -2.42. The van der Waals surface area contributed by atoms with Gasteiger partial charge in [0.15, 0.2) is 5.65 Å². The van der Waals surface area contributed by atoms with E-state index in [0.29, 0.717) is 6.04 Å². The van der Waals surface area contributed by atoms with Crippen LogP contribution >= 0.6 is 0 Å². The Labute approximate surface area is 154 Å². The van der Waals surface area contributed by atoms with Crippen LogP contribution in [0.4, 0.5) is 11.5 Å². The van der Waals surface area contributed by atoms with E-state index in [2.05, 4.69) is 45.0 Å². The first kappa shape index (κ1) is 16.7. The molecule has 1 aliphatic heterocycles. The second kappa shape index (κ2) is 6.52. The highest BCUT2D eigenvalue weighted by atomic mass is 16.5. The van der Waals surface area contributed by atoms with Crippen molar-refractivity contribution < 1.29 is 4.74 Å². The molecule has 0 bridgehead atoms. The first-order chi connectivity index (χ1) is 12.6. The van der Waals surface area contributed by atoms with E-state index >= 15 is 0 Å². The molecule has 1 fully saturated rings. The fourth-order valence-electron chi connectivity index (χ4n) is 3.81. The molecule has 26 heavy (non-hydrogen) atoms. The molecule has 4 rings (SSSR count). The maximum absolute atomic E-state index is 5.54. The Bertz CT molecular complexity index is 935. The number of hydrogen-bond acceptors (Lipinski definition) is 5. The second-order valence-corrected chi connectivity index (χ2v) is 6.97. The van der Waals surface area contributed by atoms with E-state index in [4.69, 9.17) is 4.74 Å². The monoisotopic (exact) mass is 351 g/mol. The molecule has 0 aliphatic carbocycles. The van der Waals surface area contributed by atoms with Crippen molar-refractivity contribution in [3.8, 4) is 5.75 Å². The molecule has 0 saturated carbocycles. The van der Waals surface area contributed by atoms with Crippen molar-refractivity contribution in [2.75, 3.05) is 36.5 Å². The number of nitrogens with zero attached hydrogens (tertiary/aromatic N) is 5. The van der Waals surface area contributed by atoms with Gasteiger partial charge in [-0.25, -0.2) is 4.98 Å². The number of fused-ring (bicyclic) bond motifs is 1. The van der Waals surface area contributed by atoms with Gasteiger partial charge >= 0.3 is 0 Å². The molecule has 1 unspecified atom stereocenters. The molecule has 3 heterocycles. The van der Waals surface area contributed by atoms with E-state index in [-0.39, 0.29) is 0 Å². The number of methoxy groups -OCH3 is 1. The van der Waals surface area contributed by atoms with Gasteiger partial charge in [0.05, 0.1) is 18.5 Å². The van der Waals surface area contributed by atoms with Crippen LogP contribution in [-0.2, 0) is 0 Å². The number of para-hydroxylation sites is 2. The van der Waals surface area contributed by atoms with Crippen LogP contribution in [0.1, 0.15) is 18.3 Å². The second-order valence-electron chi connectivity index (χ2n) is 6.97. The summed E-state index contributed by atoms with van der Waals surface area (Å²) in [5, 5.41) is 4.65. The van der Waals surface area contributed by atoms with Gasteiger partial charge in [-0.1, -0.05) is 12.1 Å². The van der Waals surface area contributed by atoms with Gasteiger partial charge < -0.3 is 14.5 Å². The van der Waals surface area contributed by atoms with Crippen LogP contribution < -0.4 is 14.5 Å². The molecule has 1 saturated heterocycles. The summed E-state index contributed by atoms with van der Waals surface area (Å²) in [5.74, 6) is 2.05. The summed E-state index contributed by atoms with van der Waals surface area (Å²) in [4.78, 5) is 9.44. The molecular formula is C20H25N5O. The number of rotatable bonds is 3. The van der Waals surface area contributed by atoms with E-state index in [9.17, 15) is 0 Å². The van der Waals surface area contributed by atoms with Gasteiger partial charge in [0.1, 0.15) is 11.6 Å². The van der Waals surface area contributed by atoms with Crippen LogP contribution in [0.5, 0.6) is 5.75 Å². The number of ether oxygens (including phenoxy) is 1. The first-order valence-corrected chi connectivity index (χ1v) is 9.05. The molecule has 0 N–H and O–H groups in total. The van der Waals surface area contributed by atoms with Crippen LogP contribution in [0.15, 0.2) is 36.4 Å². The lowest BCUT2D eigenvalue weighted by atomic mass is 10.1. The van der Waals surface area contributed by atoms with Crippen LogP contribution in [0.25, 0.3) is 5.65 Å². The van der Waals surface area contributed by atoms with Crippen LogP contribution in [-0.4, -0.2) is 47.4 Å². The molecule has 1 aliphatic rings. The zero-order chi connectivity index (χ0) is 18.3. The molecule has 3 aromatic rings. The van der Waals surface area contributed by atoms with E-state index in [1.165, 1.54) is 0 Å². The zero-order valence-corrected chi connectivity index (χ0v) is 15.8. The van der Waals surface area contributed by atoms with Gasteiger partial charge in [-0.05, 0) is 32.9 Å². The molecule has 6 heteroatoms. The fourth-order valence-corrected chi connectivity index (χ4v) is 3.81. The largest absolute Gasteiger partial charge is 0.495 e. The molecule has 2 aromatic heterocycles. The topological polar surface area (TPSA) is 45.9 Å². The van der Waals surface area contributed by atoms with Gasteiger partial charge in [-0.2, -0.15) is 9.61 Å². The predicted molar refractivity (Wildman–Crippen MR) is 104 cm³/mol. The summed E-state index contributed by atoms with van der Waals surface area (Å²) in [6.45, 7) is 9.12. The lowest BCUT2D eigenvalue weighted by molar-refractivity contribution is 0.412. The Kier molecular flexibility index (Phi) is 4.18. The van der Waals surface area contributed by atoms with Crippen LogP contribution in [0.3, 0.4) is 0 Å². The Morgan fingerprint density at radius 2 is 1.88 bits per heavy atom. The average Bonchev–Trinajstić information content (AvgIpc) is 3.01. The SMILES string of the molecule is COc1ccccc1N1CCN(c2cc(C)nc3cc(C)nn23)C(C)C1. The molecule has 136 valence electrons. The highest BCUT2D eigenvalue weighted by molar-refractivity contribution is 5.60. The Morgan fingerprint density at radius 1 is 1.08 bits per heavy atom. The Hall–Kier alpha value is -2.76. The van der Waals surface area contributed by atoms with Crippen LogP contribution in [0, 0.1) is 13.8 Å². The summed E-state index contributed by atoms with van der Waals surface area (Å²) < 4.78 is 7.51. The van der Waals surface area contributed by atoms with Gasteiger partial charge in [0, 0.05) is 43.5 Å². The molecule has 1 aromatic carbocycles. The summed E-state index contributed by atoms with van der Waals surface area (Å²) in [6.07, 6.45) is 0. The highest BCUT2D eigenvalue weighted by Crippen LogP contribution is 2.31. The van der Waals surface area contributed by atoms with Crippen molar-refractivity contribution in [2.24, 2.45) is 0 Å². The summed E-state index contributed by atoms with van der Waals surface area (Å²) in [6, 6.07) is 12.8. The molecule has 1 atom stereocenters. The highest BCUT2D eigenvalue weighted by Gasteiger charge is 2.27.